The van der Waals surface area contributed by atoms with E-state index in [0.29, 0.717) is 13.2 Å². The second-order valence-electron chi connectivity index (χ2n) is 4.09. The Kier molecular flexibility index (Phi) is 3.74. The van der Waals surface area contributed by atoms with Crippen LogP contribution in [0.5, 0.6) is 5.75 Å². The summed E-state index contributed by atoms with van der Waals surface area (Å²) in [7, 11) is 0. The van der Waals surface area contributed by atoms with Gasteiger partial charge >= 0.3 is 0 Å². The summed E-state index contributed by atoms with van der Waals surface area (Å²) in [6, 6.07) is 3.80. The van der Waals surface area contributed by atoms with Gasteiger partial charge in [-0.05, 0) is 31.9 Å². The van der Waals surface area contributed by atoms with Crippen molar-refractivity contribution in [2.24, 2.45) is 5.73 Å². The third-order valence-corrected chi connectivity index (χ3v) is 2.84. The van der Waals surface area contributed by atoms with Gasteiger partial charge in [-0.15, -0.1) is 0 Å². The normalized spacial score (nSPS) is 24.6. The van der Waals surface area contributed by atoms with Gasteiger partial charge in [0.05, 0.1) is 17.9 Å². The Morgan fingerprint density at radius 1 is 1.50 bits per heavy atom. The van der Waals surface area contributed by atoms with E-state index in [9.17, 15) is 0 Å². The van der Waals surface area contributed by atoms with E-state index in [1.54, 1.807) is 6.20 Å². The quantitative estimate of drug-likeness (QED) is 0.833. The van der Waals surface area contributed by atoms with Gasteiger partial charge < -0.3 is 15.2 Å². The van der Waals surface area contributed by atoms with E-state index in [4.69, 9.17) is 15.2 Å². The minimum Gasteiger partial charge on any atom is -0.489 e. The van der Waals surface area contributed by atoms with E-state index in [1.165, 1.54) is 0 Å². The summed E-state index contributed by atoms with van der Waals surface area (Å²) in [5.41, 5.74) is 6.46. The summed E-state index contributed by atoms with van der Waals surface area (Å²) >= 11 is 0. The predicted octanol–water partition coefficient (Wildman–Crippen LogP) is 1.28. The molecule has 0 bridgehead atoms. The fourth-order valence-electron chi connectivity index (χ4n) is 1.88. The van der Waals surface area contributed by atoms with E-state index >= 15 is 0 Å². The maximum Gasteiger partial charge on any atom is 0.140 e. The van der Waals surface area contributed by atoms with Crippen molar-refractivity contribution >= 4 is 0 Å². The second-order valence-corrected chi connectivity index (χ2v) is 4.09. The largest absolute Gasteiger partial charge is 0.489 e. The fourth-order valence-corrected chi connectivity index (χ4v) is 1.88. The first-order chi connectivity index (χ1) is 7.79. The highest BCUT2D eigenvalue weighted by Gasteiger charge is 2.24. The summed E-state index contributed by atoms with van der Waals surface area (Å²) in [4.78, 5) is 4.17. The minimum absolute atomic E-state index is 0.174. The van der Waals surface area contributed by atoms with E-state index in [2.05, 4.69) is 4.98 Å². The summed E-state index contributed by atoms with van der Waals surface area (Å²) < 4.78 is 11.4. The molecular formula is C12H18N2O2. The van der Waals surface area contributed by atoms with Gasteiger partial charge in [0, 0.05) is 12.7 Å². The lowest BCUT2D eigenvalue weighted by atomic mass is 10.2. The van der Waals surface area contributed by atoms with E-state index in [-0.39, 0.29) is 12.2 Å². The number of ether oxygens (including phenoxy) is 2. The monoisotopic (exact) mass is 222 g/mol. The molecule has 2 rings (SSSR count). The lowest BCUT2D eigenvalue weighted by Gasteiger charge is -2.14. The van der Waals surface area contributed by atoms with Crippen molar-refractivity contribution in [2.75, 3.05) is 13.2 Å². The van der Waals surface area contributed by atoms with Crippen LogP contribution < -0.4 is 10.5 Å². The summed E-state index contributed by atoms with van der Waals surface area (Å²) in [5.74, 6) is 0.835. The van der Waals surface area contributed by atoms with Crippen molar-refractivity contribution in [1.29, 1.82) is 0 Å². The third-order valence-electron chi connectivity index (χ3n) is 2.84. The lowest BCUT2D eigenvalue weighted by Crippen LogP contribution is -2.23. The minimum atomic E-state index is 0.174. The van der Waals surface area contributed by atoms with Crippen LogP contribution in [-0.2, 0) is 4.74 Å². The number of rotatable bonds is 4. The molecule has 2 heterocycles. The molecule has 0 amide bonds. The Balaban J connectivity index is 1.82. The molecule has 1 aliphatic rings. The van der Waals surface area contributed by atoms with Gasteiger partial charge in [0.1, 0.15) is 12.4 Å². The SMILES string of the molecule is Cc1ncccc1OCC1CCC(CN)O1. The molecule has 1 fully saturated rings. The van der Waals surface area contributed by atoms with Gasteiger partial charge in [-0.1, -0.05) is 0 Å². The van der Waals surface area contributed by atoms with Crippen molar-refractivity contribution in [3.8, 4) is 5.75 Å². The molecule has 4 heteroatoms. The molecule has 0 spiro atoms. The van der Waals surface area contributed by atoms with Crippen LogP contribution in [0, 0.1) is 6.92 Å². The van der Waals surface area contributed by atoms with Crippen LogP contribution in [0.2, 0.25) is 0 Å². The maximum atomic E-state index is 5.70. The van der Waals surface area contributed by atoms with Crippen molar-refractivity contribution < 1.29 is 9.47 Å². The Hall–Kier alpha value is -1.13. The van der Waals surface area contributed by atoms with Crippen molar-refractivity contribution in [3.63, 3.8) is 0 Å². The number of pyridine rings is 1. The molecule has 1 saturated heterocycles. The highest BCUT2D eigenvalue weighted by atomic mass is 16.5. The van der Waals surface area contributed by atoms with Crippen LogP contribution in [-0.4, -0.2) is 30.3 Å². The number of hydrogen-bond acceptors (Lipinski definition) is 4. The molecule has 0 saturated carbocycles. The van der Waals surface area contributed by atoms with Gasteiger partial charge in [0.15, 0.2) is 0 Å². The zero-order valence-corrected chi connectivity index (χ0v) is 9.56. The zero-order chi connectivity index (χ0) is 11.4. The molecule has 1 aromatic heterocycles. The Morgan fingerprint density at radius 2 is 2.31 bits per heavy atom. The molecular weight excluding hydrogens is 204 g/mol. The molecule has 2 N–H and O–H groups in total. The van der Waals surface area contributed by atoms with E-state index < -0.39 is 0 Å². The molecule has 1 aliphatic heterocycles. The van der Waals surface area contributed by atoms with Crippen LogP contribution >= 0.6 is 0 Å². The smallest absolute Gasteiger partial charge is 0.140 e. The van der Waals surface area contributed by atoms with Crippen molar-refractivity contribution in [3.05, 3.63) is 24.0 Å². The van der Waals surface area contributed by atoms with Gasteiger partial charge in [-0.25, -0.2) is 0 Å². The van der Waals surface area contributed by atoms with Crippen LogP contribution in [0.3, 0.4) is 0 Å². The molecule has 2 atom stereocenters. The van der Waals surface area contributed by atoms with Gasteiger partial charge in [-0.2, -0.15) is 0 Å². The van der Waals surface area contributed by atoms with Crippen LogP contribution in [0.4, 0.5) is 0 Å². The average molecular weight is 222 g/mol. The van der Waals surface area contributed by atoms with Crippen LogP contribution in [0.15, 0.2) is 18.3 Å². The molecule has 0 aromatic carbocycles. The molecule has 16 heavy (non-hydrogen) atoms. The van der Waals surface area contributed by atoms with Crippen molar-refractivity contribution in [1.82, 2.24) is 4.98 Å². The van der Waals surface area contributed by atoms with Gasteiger partial charge in [0.2, 0.25) is 0 Å². The lowest BCUT2D eigenvalue weighted by molar-refractivity contribution is 0.0220. The zero-order valence-electron chi connectivity index (χ0n) is 9.56. The summed E-state index contributed by atoms with van der Waals surface area (Å²) in [6.07, 6.45) is 4.22. The molecule has 0 aliphatic carbocycles. The summed E-state index contributed by atoms with van der Waals surface area (Å²) in [5, 5.41) is 0. The predicted molar refractivity (Wildman–Crippen MR) is 61.4 cm³/mol. The van der Waals surface area contributed by atoms with Crippen molar-refractivity contribution in [2.45, 2.75) is 32.0 Å². The summed E-state index contributed by atoms with van der Waals surface area (Å²) in [6.45, 7) is 3.12. The topological polar surface area (TPSA) is 57.4 Å². The number of aryl methyl sites for hydroxylation is 1. The standard InChI is InChI=1S/C12H18N2O2/c1-9-12(3-2-6-14-9)15-8-11-5-4-10(7-13)16-11/h2-3,6,10-11H,4-5,7-8,13H2,1H3. The fraction of sp³-hybridized carbons (Fsp3) is 0.583. The van der Waals surface area contributed by atoms with Crippen LogP contribution in [0.1, 0.15) is 18.5 Å². The number of hydrogen-bond donors (Lipinski definition) is 1. The first-order valence-corrected chi connectivity index (χ1v) is 5.69. The Morgan fingerprint density at radius 3 is 3.00 bits per heavy atom. The molecule has 4 nitrogen and oxygen atoms in total. The molecule has 2 unspecified atom stereocenters. The first-order valence-electron chi connectivity index (χ1n) is 5.69. The number of nitrogens with two attached hydrogens (primary N) is 1. The van der Waals surface area contributed by atoms with Gasteiger partial charge in [0.25, 0.3) is 0 Å². The average Bonchev–Trinajstić information content (AvgIpc) is 2.76. The van der Waals surface area contributed by atoms with Crippen LogP contribution in [0.25, 0.3) is 0 Å². The molecule has 0 radical (unpaired) electrons. The Bertz CT molecular complexity index is 344. The highest BCUT2D eigenvalue weighted by molar-refractivity contribution is 5.25. The Labute approximate surface area is 95.8 Å². The highest BCUT2D eigenvalue weighted by Crippen LogP contribution is 2.21. The van der Waals surface area contributed by atoms with E-state index in [1.807, 2.05) is 19.1 Å². The maximum absolute atomic E-state index is 5.70. The second kappa shape index (κ2) is 5.27. The number of nitrogens with zero attached hydrogens (tertiary/aromatic N) is 1. The third kappa shape index (κ3) is 2.71. The first kappa shape index (κ1) is 11.4. The van der Waals surface area contributed by atoms with Gasteiger partial charge in [-0.3, -0.25) is 4.98 Å². The molecule has 88 valence electrons. The van der Waals surface area contributed by atoms with E-state index in [0.717, 1.165) is 24.3 Å². The molecule has 1 aromatic rings. The number of aromatic nitrogens is 1.